The predicted octanol–water partition coefficient (Wildman–Crippen LogP) is 2.58. The van der Waals surface area contributed by atoms with E-state index in [1.807, 2.05) is 0 Å². The summed E-state index contributed by atoms with van der Waals surface area (Å²) in [5, 5.41) is 8.90. The molecule has 2 heterocycles. The molecule has 1 aromatic rings. The third-order valence-corrected chi connectivity index (χ3v) is 5.28. The summed E-state index contributed by atoms with van der Waals surface area (Å²) in [5.74, 6) is -0.777. The summed E-state index contributed by atoms with van der Waals surface area (Å²) in [4.78, 5) is 27.4. The Balaban J connectivity index is 1.82. The summed E-state index contributed by atoms with van der Waals surface area (Å²) >= 11 is 0. The number of hydrogen-bond donors (Lipinski definition) is 0. The fourth-order valence-electron chi connectivity index (χ4n) is 3.66. The smallest absolute Gasteiger partial charge is 0.433 e. The molecule has 0 aromatic heterocycles. The number of carbonyl (C=O) groups excluding carboxylic acids is 2. The molecule has 0 N–H and O–H groups in total. The summed E-state index contributed by atoms with van der Waals surface area (Å²) in [6, 6.07) is 3.50. The topological polar surface area (TPSA) is 86.1 Å². The summed E-state index contributed by atoms with van der Waals surface area (Å²) in [5.41, 5.74) is -2.63. The van der Waals surface area contributed by atoms with Gasteiger partial charge in [-0.3, -0.25) is 4.79 Å². The predicted molar refractivity (Wildman–Crippen MR) is 98.8 cm³/mol. The van der Waals surface area contributed by atoms with E-state index in [1.165, 1.54) is 23.0 Å². The lowest BCUT2D eigenvalue weighted by Crippen LogP contribution is -2.53. The molecule has 8 nitrogen and oxygen atoms in total. The quantitative estimate of drug-likeness (QED) is 0.605. The maximum Gasteiger partial charge on any atom is 0.433 e. The number of nitrogens with zero attached hydrogens (tertiary/aromatic N) is 4. The number of ether oxygens (including phenoxy) is 2. The van der Waals surface area contributed by atoms with Crippen LogP contribution in [0.25, 0.3) is 0 Å². The third-order valence-electron chi connectivity index (χ3n) is 5.28. The molecule has 0 saturated carbocycles. The van der Waals surface area contributed by atoms with E-state index in [0.717, 1.165) is 12.1 Å². The minimum Gasteiger partial charge on any atom is -0.453 e. The van der Waals surface area contributed by atoms with Gasteiger partial charge in [0, 0.05) is 31.9 Å². The first-order valence-corrected chi connectivity index (χ1v) is 9.58. The largest absolute Gasteiger partial charge is 0.453 e. The van der Waals surface area contributed by atoms with Gasteiger partial charge in [0.25, 0.3) is 5.91 Å². The highest BCUT2D eigenvalue weighted by Gasteiger charge is 2.53. The molecule has 2 fully saturated rings. The van der Waals surface area contributed by atoms with Crippen LogP contribution in [0.2, 0.25) is 0 Å². The number of carbonyl (C=O) groups is 2. The molecule has 0 bridgehead atoms. The van der Waals surface area contributed by atoms with Gasteiger partial charge in [0.2, 0.25) is 6.23 Å². The van der Waals surface area contributed by atoms with Gasteiger partial charge in [0.05, 0.1) is 30.9 Å². The Bertz CT molecular complexity index is 953. The standard InChI is InChI=1S/C19H18F6N4O4/c1-32-17(31)28-6-4-27(5-7-28)15(30)14-10-29(16(33-14)19(23,24)25)12-3-2-11(9-26)13(8-12)18(20,21)22/h2-3,8,14,16H,4-7,10H2,1H3. The second-order valence-corrected chi connectivity index (χ2v) is 7.29. The Morgan fingerprint density at radius 3 is 2.21 bits per heavy atom. The number of methoxy groups -OCH3 is 1. The SMILES string of the molecule is COC(=O)N1CCN(C(=O)C2CN(c3ccc(C#N)c(C(F)(F)F)c3)C(C(F)(F)F)O2)CC1. The van der Waals surface area contributed by atoms with Crippen LogP contribution in [0.15, 0.2) is 18.2 Å². The van der Waals surface area contributed by atoms with Gasteiger partial charge in [0.15, 0.2) is 6.10 Å². The second kappa shape index (κ2) is 8.97. The van der Waals surface area contributed by atoms with E-state index in [9.17, 15) is 35.9 Å². The van der Waals surface area contributed by atoms with E-state index in [4.69, 9.17) is 10.00 Å². The van der Waals surface area contributed by atoms with Crippen LogP contribution in [0.1, 0.15) is 11.1 Å². The fraction of sp³-hybridized carbons (Fsp3) is 0.526. The monoisotopic (exact) mass is 480 g/mol. The van der Waals surface area contributed by atoms with Crippen molar-refractivity contribution in [1.29, 1.82) is 5.26 Å². The lowest BCUT2D eigenvalue weighted by molar-refractivity contribution is -0.215. The first-order valence-electron chi connectivity index (χ1n) is 9.58. The lowest BCUT2D eigenvalue weighted by atomic mass is 10.1. The van der Waals surface area contributed by atoms with Gasteiger partial charge in [-0.1, -0.05) is 0 Å². The molecule has 2 atom stereocenters. The number of rotatable bonds is 2. The van der Waals surface area contributed by atoms with Crippen molar-refractivity contribution < 1.29 is 45.4 Å². The average molecular weight is 480 g/mol. The Morgan fingerprint density at radius 2 is 1.70 bits per heavy atom. The molecule has 2 amide bonds. The molecule has 180 valence electrons. The van der Waals surface area contributed by atoms with Crippen LogP contribution in [0.4, 0.5) is 36.8 Å². The Labute approximate surface area is 183 Å². The molecule has 0 aliphatic carbocycles. The highest BCUT2D eigenvalue weighted by Crippen LogP contribution is 2.39. The number of alkyl halides is 6. The molecular formula is C19H18F6N4O4. The van der Waals surface area contributed by atoms with E-state index in [1.54, 1.807) is 0 Å². The van der Waals surface area contributed by atoms with Gasteiger partial charge in [-0.25, -0.2) is 4.79 Å². The van der Waals surface area contributed by atoms with Crippen molar-refractivity contribution in [3.05, 3.63) is 29.3 Å². The Hall–Kier alpha value is -3.21. The number of nitriles is 1. The molecule has 2 unspecified atom stereocenters. The van der Waals surface area contributed by atoms with E-state index < -0.39 is 60.0 Å². The molecule has 0 radical (unpaired) electrons. The zero-order chi connectivity index (χ0) is 24.6. The fourth-order valence-corrected chi connectivity index (χ4v) is 3.66. The van der Waals surface area contributed by atoms with Crippen molar-refractivity contribution in [2.24, 2.45) is 0 Å². The van der Waals surface area contributed by atoms with Crippen LogP contribution in [0.3, 0.4) is 0 Å². The van der Waals surface area contributed by atoms with E-state index in [2.05, 4.69) is 4.74 Å². The minimum atomic E-state index is -5.01. The van der Waals surface area contributed by atoms with Gasteiger partial charge in [0.1, 0.15) is 0 Å². The van der Waals surface area contributed by atoms with Crippen molar-refractivity contribution in [3.8, 4) is 6.07 Å². The zero-order valence-corrected chi connectivity index (χ0v) is 17.1. The Morgan fingerprint density at radius 1 is 1.09 bits per heavy atom. The molecule has 3 rings (SSSR count). The maximum absolute atomic E-state index is 13.6. The van der Waals surface area contributed by atoms with Crippen LogP contribution in [0, 0.1) is 11.3 Å². The van der Waals surface area contributed by atoms with Crippen molar-refractivity contribution in [1.82, 2.24) is 9.80 Å². The molecule has 14 heteroatoms. The van der Waals surface area contributed by atoms with Gasteiger partial charge in [-0.15, -0.1) is 0 Å². The number of anilines is 1. The summed E-state index contributed by atoms with van der Waals surface area (Å²) < 4.78 is 90.2. The molecule has 2 aliphatic heterocycles. The average Bonchev–Trinajstić information content (AvgIpc) is 3.23. The summed E-state index contributed by atoms with van der Waals surface area (Å²) in [6.07, 6.45) is -14.8. The maximum atomic E-state index is 13.6. The highest BCUT2D eigenvalue weighted by molar-refractivity contribution is 5.83. The molecular weight excluding hydrogens is 462 g/mol. The van der Waals surface area contributed by atoms with Crippen LogP contribution in [0.5, 0.6) is 0 Å². The Kier molecular flexibility index (Phi) is 6.64. The summed E-state index contributed by atoms with van der Waals surface area (Å²) in [6.45, 7) is -0.396. The van der Waals surface area contributed by atoms with Gasteiger partial charge in [-0.2, -0.15) is 31.6 Å². The summed E-state index contributed by atoms with van der Waals surface area (Å²) in [7, 11) is 1.19. The van der Waals surface area contributed by atoms with Gasteiger partial charge in [-0.05, 0) is 18.2 Å². The zero-order valence-electron chi connectivity index (χ0n) is 17.1. The lowest BCUT2D eigenvalue weighted by Gasteiger charge is -2.34. The molecule has 2 aliphatic rings. The van der Waals surface area contributed by atoms with E-state index >= 15 is 0 Å². The van der Waals surface area contributed by atoms with Crippen molar-refractivity contribution >= 4 is 17.7 Å². The third kappa shape index (κ3) is 5.08. The number of benzene rings is 1. The normalized spacial score (nSPS) is 21.7. The number of piperazine rings is 1. The van der Waals surface area contributed by atoms with Crippen LogP contribution in [-0.4, -0.2) is 80.1 Å². The van der Waals surface area contributed by atoms with Gasteiger partial charge >= 0.3 is 18.4 Å². The van der Waals surface area contributed by atoms with Crippen molar-refractivity contribution in [2.45, 2.75) is 24.7 Å². The van der Waals surface area contributed by atoms with Crippen molar-refractivity contribution in [3.63, 3.8) is 0 Å². The van der Waals surface area contributed by atoms with Crippen LogP contribution < -0.4 is 4.90 Å². The number of amides is 2. The van der Waals surface area contributed by atoms with E-state index in [-0.39, 0.29) is 26.2 Å². The van der Waals surface area contributed by atoms with Crippen LogP contribution in [-0.2, 0) is 20.4 Å². The number of hydrogen-bond acceptors (Lipinski definition) is 6. The molecule has 1 aromatic carbocycles. The minimum absolute atomic E-state index is 0.0273. The van der Waals surface area contributed by atoms with E-state index in [0.29, 0.717) is 11.0 Å². The molecule has 2 saturated heterocycles. The van der Waals surface area contributed by atoms with Crippen LogP contribution >= 0.6 is 0 Å². The second-order valence-electron chi connectivity index (χ2n) is 7.29. The first kappa shape index (κ1) is 24.4. The van der Waals surface area contributed by atoms with Gasteiger partial charge < -0.3 is 24.2 Å². The number of halogens is 6. The highest BCUT2D eigenvalue weighted by atomic mass is 19.4. The first-order chi connectivity index (χ1) is 15.4. The van der Waals surface area contributed by atoms with Crippen molar-refractivity contribution in [2.75, 3.05) is 44.7 Å². The molecule has 0 spiro atoms. The molecule has 33 heavy (non-hydrogen) atoms.